The summed E-state index contributed by atoms with van der Waals surface area (Å²) in [5.41, 5.74) is 0.828. The number of rotatable bonds is 6. The van der Waals surface area contributed by atoms with E-state index in [2.05, 4.69) is 15.0 Å². The normalized spacial score (nSPS) is 11.6. The second kappa shape index (κ2) is 8.14. The van der Waals surface area contributed by atoms with E-state index in [0.29, 0.717) is 0 Å². The van der Waals surface area contributed by atoms with Crippen molar-refractivity contribution in [2.75, 3.05) is 0 Å². The Balaban J connectivity index is 2.29. The van der Waals surface area contributed by atoms with Gasteiger partial charge in [0.2, 0.25) is 10.0 Å². The van der Waals surface area contributed by atoms with E-state index in [1.165, 1.54) is 12.1 Å². The van der Waals surface area contributed by atoms with E-state index >= 15 is 0 Å². The number of pyridine rings is 1. The van der Waals surface area contributed by atoms with Gasteiger partial charge in [0.1, 0.15) is 4.90 Å². The zero-order valence-electron chi connectivity index (χ0n) is 13.6. The van der Waals surface area contributed by atoms with Crippen molar-refractivity contribution in [2.24, 2.45) is 0 Å². The number of sulfonamides is 1. The van der Waals surface area contributed by atoms with Crippen LogP contribution in [0.3, 0.4) is 0 Å². The molecule has 0 saturated carbocycles. The monoisotopic (exact) mass is 401 g/mol. The maximum atomic E-state index is 12.4. The number of nitrogens with one attached hydrogen (secondary N) is 2. The largest absolute Gasteiger partial charge is 0.348 e. The lowest BCUT2D eigenvalue weighted by Gasteiger charge is -2.13. The molecule has 0 aliphatic carbocycles. The second-order valence-electron chi connectivity index (χ2n) is 5.58. The molecule has 0 aliphatic rings. The molecule has 0 fully saturated rings. The van der Waals surface area contributed by atoms with Gasteiger partial charge in [0, 0.05) is 25.0 Å². The van der Waals surface area contributed by atoms with Gasteiger partial charge in [0.15, 0.2) is 0 Å². The minimum atomic E-state index is -3.86. The number of halogens is 2. The van der Waals surface area contributed by atoms with Gasteiger partial charge in [0.05, 0.1) is 15.6 Å². The van der Waals surface area contributed by atoms with Gasteiger partial charge in [-0.15, -0.1) is 0 Å². The Morgan fingerprint density at radius 2 is 1.96 bits per heavy atom. The summed E-state index contributed by atoms with van der Waals surface area (Å²) >= 11 is 12.1. The number of hydrogen-bond acceptors (Lipinski definition) is 4. The van der Waals surface area contributed by atoms with Crippen LogP contribution in [0.5, 0.6) is 0 Å². The van der Waals surface area contributed by atoms with Gasteiger partial charge in [-0.1, -0.05) is 29.3 Å². The molecule has 2 rings (SSSR count). The molecule has 2 N–H and O–H groups in total. The summed E-state index contributed by atoms with van der Waals surface area (Å²) in [6, 6.07) is 5.66. The first-order valence-corrected chi connectivity index (χ1v) is 9.63. The van der Waals surface area contributed by atoms with Crippen LogP contribution in [0, 0.1) is 0 Å². The topological polar surface area (TPSA) is 88.2 Å². The lowest BCUT2D eigenvalue weighted by molar-refractivity contribution is 0.0951. The molecule has 9 heteroatoms. The molecule has 0 spiro atoms. The van der Waals surface area contributed by atoms with E-state index in [-0.39, 0.29) is 33.1 Å². The van der Waals surface area contributed by atoms with Gasteiger partial charge >= 0.3 is 0 Å². The molecule has 0 aliphatic heterocycles. The number of benzene rings is 1. The molecule has 1 aromatic heterocycles. The van der Waals surface area contributed by atoms with Crippen molar-refractivity contribution >= 4 is 39.1 Å². The highest BCUT2D eigenvalue weighted by Crippen LogP contribution is 2.29. The van der Waals surface area contributed by atoms with Crippen molar-refractivity contribution in [2.45, 2.75) is 31.3 Å². The summed E-state index contributed by atoms with van der Waals surface area (Å²) in [6.07, 6.45) is 3.24. The van der Waals surface area contributed by atoms with Crippen molar-refractivity contribution in [3.8, 4) is 0 Å². The fourth-order valence-corrected chi connectivity index (χ4v) is 4.17. The molecule has 1 aromatic carbocycles. The minimum absolute atomic E-state index is 0.0269. The first-order chi connectivity index (χ1) is 11.7. The molecule has 1 heterocycles. The fourth-order valence-electron chi connectivity index (χ4n) is 2.06. The van der Waals surface area contributed by atoms with Crippen LogP contribution in [0.25, 0.3) is 0 Å². The lowest BCUT2D eigenvalue weighted by Crippen LogP contribution is -2.31. The van der Waals surface area contributed by atoms with Crippen LogP contribution in [0.2, 0.25) is 10.0 Å². The van der Waals surface area contributed by atoms with Gasteiger partial charge in [0.25, 0.3) is 5.91 Å². The molecule has 1 amide bonds. The third-order valence-corrected chi connectivity index (χ3v) is 5.56. The Hall–Kier alpha value is -1.67. The van der Waals surface area contributed by atoms with Crippen LogP contribution in [-0.4, -0.2) is 25.4 Å². The van der Waals surface area contributed by atoms with Crippen molar-refractivity contribution < 1.29 is 13.2 Å². The Kier molecular flexibility index (Phi) is 6.40. The molecule has 6 nitrogen and oxygen atoms in total. The summed E-state index contributed by atoms with van der Waals surface area (Å²) in [6.45, 7) is 3.60. The van der Waals surface area contributed by atoms with E-state index in [9.17, 15) is 13.2 Å². The Labute approximate surface area is 156 Å². The summed E-state index contributed by atoms with van der Waals surface area (Å²) in [7, 11) is -3.86. The van der Waals surface area contributed by atoms with Crippen molar-refractivity contribution in [1.82, 2.24) is 15.0 Å². The van der Waals surface area contributed by atoms with Gasteiger partial charge < -0.3 is 5.32 Å². The highest BCUT2D eigenvalue weighted by atomic mass is 35.5. The van der Waals surface area contributed by atoms with Crippen LogP contribution in [0.1, 0.15) is 29.8 Å². The first kappa shape index (κ1) is 19.7. The smallest absolute Gasteiger partial charge is 0.253 e. The van der Waals surface area contributed by atoms with E-state index in [4.69, 9.17) is 23.2 Å². The van der Waals surface area contributed by atoms with E-state index in [0.717, 1.165) is 5.56 Å². The number of nitrogens with zero attached hydrogens (tertiary/aromatic N) is 1. The Bertz CT molecular complexity index is 872. The highest BCUT2D eigenvalue weighted by Gasteiger charge is 2.23. The molecule has 0 atom stereocenters. The van der Waals surface area contributed by atoms with Crippen molar-refractivity contribution in [3.63, 3.8) is 0 Å². The number of carbonyl (C=O) groups excluding carboxylic acids is 1. The predicted octanol–water partition coefficient (Wildman–Crippen LogP) is 3.01. The minimum Gasteiger partial charge on any atom is -0.348 e. The highest BCUT2D eigenvalue weighted by molar-refractivity contribution is 7.89. The Morgan fingerprint density at radius 3 is 2.56 bits per heavy atom. The lowest BCUT2D eigenvalue weighted by atomic mass is 10.2. The number of amides is 1. The molecule has 25 heavy (non-hydrogen) atoms. The molecule has 0 unspecified atom stereocenters. The number of carbonyl (C=O) groups is 1. The van der Waals surface area contributed by atoms with E-state index in [1.54, 1.807) is 38.4 Å². The maximum Gasteiger partial charge on any atom is 0.253 e. The van der Waals surface area contributed by atoms with Gasteiger partial charge in [-0.3, -0.25) is 9.78 Å². The third kappa shape index (κ3) is 5.15. The molecule has 0 radical (unpaired) electrons. The number of aromatic nitrogens is 1. The second-order valence-corrected chi connectivity index (χ2v) is 8.08. The fraction of sp³-hybridized carbons (Fsp3) is 0.250. The van der Waals surface area contributed by atoms with Crippen LogP contribution in [-0.2, 0) is 16.6 Å². The van der Waals surface area contributed by atoms with Crippen LogP contribution in [0.4, 0.5) is 0 Å². The molecule has 134 valence electrons. The zero-order valence-corrected chi connectivity index (χ0v) is 15.9. The maximum absolute atomic E-state index is 12.4. The average Bonchev–Trinajstić information content (AvgIpc) is 2.52. The number of hydrogen-bond donors (Lipinski definition) is 2. The van der Waals surface area contributed by atoms with Crippen LogP contribution >= 0.6 is 23.2 Å². The molecule has 0 bridgehead atoms. The van der Waals surface area contributed by atoms with E-state index in [1.807, 2.05) is 0 Å². The van der Waals surface area contributed by atoms with Gasteiger partial charge in [-0.2, -0.15) is 0 Å². The SMILES string of the molecule is CC(C)NS(=O)(=O)c1cc(C(=O)NCc2cccnc2)c(Cl)cc1Cl. The molecular weight excluding hydrogens is 385 g/mol. The summed E-state index contributed by atoms with van der Waals surface area (Å²) in [5, 5.41) is 2.69. The van der Waals surface area contributed by atoms with Crippen molar-refractivity contribution in [3.05, 3.63) is 57.8 Å². The molecular formula is C16H17Cl2N3O3S. The average molecular weight is 402 g/mol. The van der Waals surface area contributed by atoms with Crippen LogP contribution in [0.15, 0.2) is 41.6 Å². The molecule has 0 saturated heterocycles. The standard InChI is InChI=1S/C16H17Cl2N3O3S/c1-10(2)21-25(23,24)15-6-12(13(17)7-14(15)18)16(22)20-9-11-4-3-5-19-8-11/h3-8,10,21H,9H2,1-2H3,(H,20,22). The van der Waals surface area contributed by atoms with Gasteiger partial charge in [-0.25, -0.2) is 13.1 Å². The zero-order chi connectivity index (χ0) is 18.6. The van der Waals surface area contributed by atoms with Crippen LogP contribution < -0.4 is 10.0 Å². The molecule has 2 aromatic rings. The summed E-state index contributed by atoms with van der Waals surface area (Å²) in [4.78, 5) is 16.1. The van der Waals surface area contributed by atoms with Crippen molar-refractivity contribution in [1.29, 1.82) is 0 Å². The Morgan fingerprint density at radius 1 is 1.24 bits per heavy atom. The van der Waals surface area contributed by atoms with Gasteiger partial charge in [-0.05, 0) is 37.6 Å². The quantitative estimate of drug-likeness (QED) is 0.778. The van der Waals surface area contributed by atoms with E-state index < -0.39 is 15.9 Å². The third-order valence-electron chi connectivity index (χ3n) is 3.12. The first-order valence-electron chi connectivity index (χ1n) is 7.39. The summed E-state index contributed by atoms with van der Waals surface area (Å²) < 4.78 is 27.1. The summed E-state index contributed by atoms with van der Waals surface area (Å²) in [5.74, 6) is -0.508. The predicted molar refractivity (Wildman–Crippen MR) is 97.3 cm³/mol.